The van der Waals surface area contributed by atoms with E-state index in [1.54, 1.807) is 23.9 Å². The summed E-state index contributed by atoms with van der Waals surface area (Å²) in [5.41, 5.74) is 0.286. The summed E-state index contributed by atoms with van der Waals surface area (Å²) >= 11 is 4.32. The Kier molecular flexibility index (Phi) is 4.31. The molecule has 0 amide bonds. The molecule has 6 nitrogen and oxygen atoms in total. The quantitative estimate of drug-likeness (QED) is 0.657. The molecule has 0 aliphatic carbocycles. The molecule has 3 aromatic heterocycles. The Hall–Kier alpha value is -1.33. The first-order chi connectivity index (χ1) is 10.2. The third-order valence-corrected chi connectivity index (χ3v) is 5.22. The fourth-order valence-electron chi connectivity index (χ4n) is 1.49. The second kappa shape index (κ2) is 6.20. The van der Waals surface area contributed by atoms with Gasteiger partial charge in [0.25, 0.3) is 6.43 Å². The molecule has 3 aromatic rings. The molecule has 0 spiro atoms. The van der Waals surface area contributed by atoms with Crippen LogP contribution in [-0.2, 0) is 0 Å². The van der Waals surface area contributed by atoms with Crippen molar-refractivity contribution in [3.05, 3.63) is 18.0 Å². The van der Waals surface area contributed by atoms with E-state index in [1.807, 2.05) is 6.92 Å². The van der Waals surface area contributed by atoms with Crippen LogP contribution in [0.2, 0.25) is 0 Å². The molecule has 0 radical (unpaired) electrons. The molecule has 0 saturated heterocycles. The number of hydrogen-bond acceptors (Lipinski definition) is 8. The van der Waals surface area contributed by atoms with Crippen LogP contribution in [0.1, 0.15) is 19.2 Å². The van der Waals surface area contributed by atoms with Crippen molar-refractivity contribution < 1.29 is 8.78 Å². The first kappa shape index (κ1) is 14.6. The third kappa shape index (κ3) is 3.14. The summed E-state index contributed by atoms with van der Waals surface area (Å²) in [5, 5.41) is 19.8. The van der Waals surface area contributed by atoms with Crippen molar-refractivity contribution in [3.63, 3.8) is 0 Å². The Bertz CT molecular complexity index is 758. The van der Waals surface area contributed by atoms with Crippen molar-refractivity contribution in [2.24, 2.45) is 0 Å². The lowest BCUT2D eigenvalue weighted by Crippen LogP contribution is -2.00. The van der Waals surface area contributed by atoms with Crippen molar-refractivity contribution in [2.75, 3.05) is 5.75 Å². The Labute approximate surface area is 130 Å². The van der Waals surface area contributed by atoms with Gasteiger partial charge in [-0.25, -0.2) is 8.78 Å². The smallest absolute Gasteiger partial charge is 0.201 e. The summed E-state index contributed by atoms with van der Waals surface area (Å²) in [7, 11) is 0. The monoisotopic (exact) mass is 346 g/mol. The van der Waals surface area contributed by atoms with Crippen LogP contribution in [0.3, 0.4) is 0 Å². The fourth-order valence-corrected chi connectivity index (χ4v) is 4.31. The van der Waals surface area contributed by atoms with Crippen LogP contribution in [-0.4, -0.2) is 35.8 Å². The average molecular weight is 346 g/mol. The fraction of sp³-hybridized carbons (Fsp3) is 0.300. The van der Waals surface area contributed by atoms with Gasteiger partial charge in [0.1, 0.15) is 5.03 Å². The topological polar surface area (TPSA) is 68.9 Å². The molecule has 0 unspecified atom stereocenters. The molecule has 110 valence electrons. The molecule has 3 heterocycles. The molecule has 0 aliphatic heterocycles. The normalized spacial score (nSPS) is 11.6. The molecule has 11 heteroatoms. The lowest BCUT2D eigenvalue weighted by molar-refractivity contribution is 0.137. The van der Waals surface area contributed by atoms with Crippen molar-refractivity contribution in [1.29, 1.82) is 0 Å². The van der Waals surface area contributed by atoms with E-state index in [9.17, 15) is 8.78 Å². The van der Waals surface area contributed by atoms with Crippen LogP contribution in [0, 0.1) is 0 Å². The molecule has 3 rings (SSSR count). The number of nitrogens with zero attached hydrogens (tertiary/aromatic N) is 6. The largest absolute Gasteiger partial charge is 0.299 e. The predicted molar refractivity (Wildman–Crippen MR) is 76.2 cm³/mol. The van der Waals surface area contributed by atoms with Gasteiger partial charge in [0.15, 0.2) is 14.3 Å². The molecule has 0 aromatic carbocycles. The molecular weight excluding hydrogens is 338 g/mol. The highest BCUT2D eigenvalue weighted by atomic mass is 32.2. The van der Waals surface area contributed by atoms with Gasteiger partial charge in [0.05, 0.1) is 0 Å². The van der Waals surface area contributed by atoms with Crippen LogP contribution < -0.4 is 0 Å². The van der Waals surface area contributed by atoms with Gasteiger partial charge in [0.2, 0.25) is 5.82 Å². The lowest BCUT2D eigenvalue weighted by atomic mass is 10.5. The summed E-state index contributed by atoms with van der Waals surface area (Å²) in [4.78, 5) is 0. The van der Waals surface area contributed by atoms with Gasteiger partial charge < -0.3 is 0 Å². The Morgan fingerprint density at radius 3 is 2.76 bits per heavy atom. The van der Waals surface area contributed by atoms with E-state index in [1.165, 1.54) is 23.1 Å². The molecular formula is C10H8F2N6S3. The molecule has 0 N–H and O–H groups in total. The lowest BCUT2D eigenvalue weighted by Gasteiger charge is -1.99. The van der Waals surface area contributed by atoms with E-state index in [0.717, 1.165) is 14.6 Å². The summed E-state index contributed by atoms with van der Waals surface area (Å²) < 4.78 is 28.2. The van der Waals surface area contributed by atoms with E-state index in [4.69, 9.17) is 0 Å². The van der Waals surface area contributed by atoms with Crippen molar-refractivity contribution in [2.45, 2.75) is 27.1 Å². The minimum absolute atomic E-state index is 0.286. The molecule has 0 saturated carbocycles. The van der Waals surface area contributed by atoms with Gasteiger partial charge in [-0.15, -0.1) is 20.4 Å². The van der Waals surface area contributed by atoms with E-state index >= 15 is 0 Å². The molecule has 0 bridgehead atoms. The van der Waals surface area contributed by atoms with Gasteiger partial charge in [-0.3, -0.25) is 0 Å². The number of thioether (sulfide) groups is 1. The van der Waals surface area contributed by atoms with Gasteiger partial charge in [-0.1, -0.05) is 30.0 Å². The van der Waals surface area contributed by atoms with Crippen LogP contribution in [0.15, 0.2) is 25.8 Å². The summed E-state index contributed by atoms with van der Waals surface area (Å²) in [6.45, 7) is 2.03. The van der Waals surface area contributed by atoms with Crippen molar-refractivity contribution in [1.82, 2.24) is 30.0 Å². The second-order valence-electron chi connectivity index (χ2n) is 3.67. The Balaban J connectivity index is 1.87. The molecule has 0 atom stereocenters. The molecule has 0 aliphatic rings. The number of aromatic nitrogens is 6. The van der Waals surface area contributed by atoms with Gasteiger partial charge >= 0.3 is 0 Å². The second-order valence-corrected chi connectivity index (χ2v) is 7.43. The van der Waals surface area contributed by atoms with E-state index in [2.05, 4.69) is 25.5 Å². The first-order valence-corrected chi connectivity index (χ1v) is 8.44. The summed E-state index contributed by atoms with van der Waals surface area (Å²) in [6, 6.07) is 3.29. The van der Waals surface area contributed by atoms with Gasteiger partial charge in [-0.2, -0.15) is 9.61 Å². The number of fused-ring (bicyclic) bond motifs is 1. The van der Waals surface area contributed by atoms with Gasteiger partial charge in [-0.05, 0) is 29.6 Å². The van der Waals surface area contributed by atoms with Gasteiger partial charge in [0, 0.05) is 0 Å². The van der Waals surface area contributed by atoms with Crippen LogP contribution in [0.25, 0.3) is 5.65 Å². The average Bonchev–Trinajstić information content (AvgIpc) is 3.05. The Morgan fingerprint density at radius 2 is 2.00 bits per heavy atom. The van der Waals surface area contributed by atoms with E-state index < -0.39 is 12.2 Å². The molecule has 21 heavy (non-hydrogen) atoms. The van der Waals surface area contributed by atoms with Crippen LogP contribution in [0.5, 0.6) is 0 Å². The minimum atomic E-state index is -2.72. The Morgan fingerprint density at radius 1 is 1.19 bits per heavy atom. The third-order valence-electron chi connectivity index (χ3n) is 2.31. The highest BCUT2D eigenvalue weighted by Gasteiger charge is 2.17. The maximum Gasteiger partial charge on any atom is 0.299 e. The highest BCUT2D eigenvalue weighted by molar-refractivity contribution is 8.03. The number of hydrogen-bond donors (Lipinski definition) is 0. The SMILES string of the molecule is CCSc1nnc(Sc2ccc3nnc(C(F)F)n3n2)s1. The van der Waals surface area contributed by atoms with E-state index in [0.29, 0.717) is 9.37 Å². The van der Waals surface area contributed by atoms with Crippen LogP contribution >= 0.6 is 34.9 Å². The van der Waals surface area contributed by atoms with Crippen molar-refractivity contribution >= 4 is 40.5 Å². The zero-order valence-corrected chi connectivity index (χ0v) is 13.1. The number of alkyl halides is 2. The maximum absolute atomic E-state index is 12.8. The zero-order valence-electron chi connectivity index (χ0n) is 10.6. The standard InChI is InChI=1S/C10H8F2N6S3/c1-2-19-9-15-16-10(21-9)20-6-4-3-5-13-14-8(7(11)12)18(5)17-6/h3-4,7H,2H2,1H3. The predicted octanol–water partition coefficient (Wildman–Crippen LogP) is 3.18. The molecule has 0 fully saturated rings. The summed E-state index contributed by atoms with van der Waals surface area (Å²) in [6.07, 6.45) is -2.72. The highest BCUT2D eigenvalue weighted by Crippen LogP contribution is 2.32. The zero-order chi connectivity index (χ0) is 14.8. The minimum Gasteiger partial charge on any atom is -0.201 e. The van der Waals surface area contributed by atoms with E-state index in [-0.39, 0.29) is 5.65 Å². The summed E-state index contributed by atoms with van der Waals surface area (Å²) in [5.74, 6) is 0.453. The van der Waals surface area contributed by atoms with Crippen molar-refractivity contribution in [3.8, 4) is 0 Å². The first-order valence-electron chi connectivity index (χ1n) is 5.82. The van der Waals surface area contributed by atoms with Crippen LogP contribution in [0.4, 0.5) is 8.78 Å². The number of halogens is 2. The maximum atomic E-state index is 12.8. The number of rotatable bonds is 5.